The second-order valence-electron chi connectivity index (χ2n) is 9.60. The molecule has 0 saturated carbocycles. The van der Waals surface area contributed by atoms with E-state index in [-0.39, 0.29) is 23.6 Å². The predicted octanol–water partition coefficient (Wildman–Crippen LogP) is 5.37. The average molecular weight is 507 g/mol. The Balaban J connectivity index is 0.00000153. The number of aromatic nitrogens is 1. The summed E-state index contributed by atoms with van der Waals surface area (Å²) in [6, 6.07) is 1.91. The molecule has 1 saturated heterocycles. The van der Waals surface area contributed by atoms with Gasteiger partial charge in [-0.3, -0.25) is 25.4 Å². The molecule has 1 aromatic rings. The van der Waals surface area contributed by atoms with Crippen LogP contribution >= 0.6 is 0 Å². The minimum atomic E-state index is -0.359. The number of rotatable bonds is 7. The highest BCUT2D eigenvalue weighted by Crippen LogP contribution is 2.21. The Morgan fingerprint density at radius 3 is 2.57 bits per heavy atom. The van der Waals surface area contributed by atoms with Gasteiger partial charge >= 0.3 is 0 Å². The first-order chi connectivity index (χ1) is 17.6. The number of hydrogen-bond donors (Lipinski definition) is 3. The molecule has 2 aliphatic rings. The zero-order valence-corrected chi connectivity index (χ0v) is 23.0. The number of hydrogen-bond acceptors (Lipinski definition) is 5. The lowest BCUT2D eigenvalue weighted by Gasteiger charge is -2.29. The summed E-state index contributed by atoms with van der Waals surface area (Å²) in [7, 11) is 0. The molecule has 0 radical (unpaired) electrons. The molecular formula is C29H42N6O2. The highest BCUT2D eigenvalue weighted by Gasteiger charge is 2.28. The first-order valence-corrected chi connectivity index (χ1v) is 13.2. The van der Waals surface area contributed by atoms with Gasteiger partial charge in [-0.1, -0.05) is 45.9 Å². The Bertz CT molecular complexity index is 1090. The van der Waals surface area contributed by atoms with E-state index in [9.17, 15) is 9.59 Å². The Labute approximate surface area is 221 Å². The van der Waals surface area contributed by atoms with Crippen LogP contribution in [0.4, 0.5) is 0 Å². The normalized spacial score (nSPS) is 17.3. The standard InChI is InChI=1S/C26H34N6O2.C3H8/c1-5-7-24(33)31-13-12-20-15-29-22(14-21(20)16-31)26(34)30-18(3)9-6-8-17(2)25(28)32-19(4)10-11-23(32)27;1-3-2/h6,8-9,14-15,19,27-28H,3,5,7,10-13,16H2,1-2,4H3,(H,30,34);3H2,1-2H3/b9-6-,17-8+,27-23?,28-25?;. The monoisotopic (exact) mass is 506 g/mol. The number of pyridine rings is 1. The second-order valence-corrected chi connectivity index (χ2v) is 9.60. The van der Waals surface area contributed by atoms with Crippen LogP contribution in [0.1, 0.15) is 88.3 Å². The lowest BCUT2D eigenvalue weighted by Crippen LogP contribution is -2.36. The summed E-state index contributed by atoms with van der Waals surface area (Å²) in [5, 5.41) is 19.1. The SMILES string of the molecule is C=C(/C=C\C=C(/C)C(=N)N1C(=N)CCC1C)NC(=O)c1cc2c(cn1)CCN(C(=O)CCC)C2.CCC. The minimum absolute atomic E-state index is 0.141. The third-order valence-electron chi connectivity index (χ3n) is 6.21. The van der Waals surface area contributed by atoms with Gasteiger partial charge < -0.3 is 15.1 Å². The summed E-state index contributed by atoms with van der Waals surface area (Å²) in [4.78, 5) is 32.8. The molecule has 3 rings (SSSR count). The van der Waals surface area contributed by atoms with Gasteiger partial charge in [0.25, 0.3) is 5.91 Å². The van der Waals surface area contributed by atoms with Crippen molar-refractivity contribution in [3.8, 4) is 0 Å². The molecule has 0 aromatic carbocycles. The van der Waals surface area contributed by atoms with Gasteiger partial charge in [0.05, 0.1) is 0 Å². The Hall–Kier alpha value is -3.55. The average Bonchev–Trinajstić information content (AvgIpc) is 3.20. The molecule has 1 atom stereocenters. The van der Waals surface area contributed by atoms with Crippen LogP contribution in [0.15, 0.2) is 48.3 Å². The minimum Gasteiger partial charge on any atom is -0.338 e. The zero-order valence-electron chi connectivity index (χ0n) is 23.0. The van der Waals surface area contributed by atoms with Gasteiger partial charge in [0.15, 0.2) is 0 Å². The number of nitrogens with one attached hydrogen (secondary N) is 3. The molecule has 0 bridgehead atoms. The largest absolute Gasteiger partial charge is 0.338 e. The van der Waals surface area contributed by atoms with Gasteiger partial charge in [-0.15, -0.1) is 0 Å². The molecule has 2 aliphatic heterocycles. The second kappa shape index (κ2) is 14.3. The first-order valence-electron chi connectivity index (χ1n) is 13.2. The van der Waals surface area contributed by atoms with Crippen molar-refractivity contribution in [2.24, 2.45) is 0 Å². The molecule has 1 fully saturated rings. The third-order valence-corrected chi connectivity index (χ3v) is 6.21. The van der Waals surface area contributed by atoms with Crippen LogP contribution in [0.25, 0.3) is 0 Å². The van der Waals surface area contributed by atoms with E-state index < -0.39 is 0 Å². The van der Waals surface area contributed by atoms with Crippen LogP contribution in [0.3, 0.4) is 0 Å². The highest BCUT2D eigenvalue weighted by atomic mass is 16.2. The predicted molar refractivity (Wildman–Crippen MR) is 150 cm³/mol. The van der Waals surface area contributed by atoms with E-state index in [1.165, 1.54) is 6.42 Å². The molecule has 2 amide bonds. The summed E-state index contributed by atoms with van der Waals surface area (Å²) in [5.74, 6) is 0.574. The number of carbonyl (C=O) groups is 2. The van der Waals surface area contributed by atoms with Gasteiger partial charge in [-0.2, -0.15) is 0 Å². The fourth-order valence-corrected chi connectivity index (χ4v) is 4.19. The van der Waals surface area contributed by atoms with Gasteiger partial charge in [0.2, 0.25) is 5.91 Å². The summed E-state index contributed by atoms with van der Waals surface area (Å²) in [6.07, 6.45) is 11.8. The molecule has 37 heavy (non-hydrogen) atoms. The van der Waals surface area contributed by atoms with E-state index >= 15 is 0 Å². The van der Waals surface area contributed by atoms with Crippen molar-refractivity contribution >= 4 is 23.5 Å². The molecule has 8 heteroatoms. The summed E-state index contributed by atoms with van der Waals surface area (Å²) >= 11 is 0. The van der Waals surface area contributed by atoms with Crippen LogP contribution in [0.5, 0.6) is 0 Å². The van der Waals surface area contributed by atoms with Crippen molar-refractivity contribution in [3.63, 3.8) is 0 Å². The van der Waals surface area contributed by atoms with Crippen molar-refractivity contribution in [3.05, 3.63) is 65.2 Å². The summed E-state index contributed by atoms with van der Waals surface area (Å²) < 4.78 is 0. The number of allylic oxidation sites excluding steroid dienone is 3. The van der Waals surface area contributed by atoms with E-state index in [4.69, 9.17) is 10.8 Å². The van der Waals surface area contributed by atoms with Crippen molar-refractivity contribution < 1.29 is 9.59 Å². The maximum Gasteiger partial charge on any atom is 0.274 e. The molecule has 1 aromatic heterocycles. The Morgan fingerprint density at radius 2 is 1.95 bits per heavy atom. The molecule has 3 heterocycles. The van der Waals surface area contributed by atoms with E-state index in [0.29, 0.717) is 43.3 Å². The fourth-order valence-electron chi connectivity index (χ4n) is 4.19. The number of amidine groups is 2. The van der Waals surface area contributed by atoms with E-state index in [1.807, 2.05) is 25.7 Å². The van der Waals surface area contributed by atoms with Crippen LogP contribution in [-0.4, -0.2) is 50.9 Å². The van der Waals surface area contributed by atoms with Gasteiger partial charge in [-0.05, 0) is 62.0 Å². The molecule has 0 spiro atoms. The number of fused-ring (bicyclic) bond motifs is 1. The number of carbonyl (C=O) groups excluding carboxylic acids is 2. The molecule has 0 aliphatic carbocycles. The zero-order chi connectivity index (χ0) is 27.5. The number of nitrogens with zero attached hydrogens (tertiary/aromatic N) is 3. The maximum atomic E-state index is 12.7. The van der Waals surface area contributed by atoms with Crippen molar-refractivity contribution in [1.82, 2.24) is 20.1 Å². The van der Waals surface area contributed by atoms with Crippen LogP contribution in [0, 0.1) is 10.8 Å². The lowest BCUT2D eigenvalue weighted by molar-refractivity contribution is -0.132. The highest BCUT2D eigenvalue weighted by molar-refractivity contribution is 6.07. The first kappa shape index (κ1) is 29.7. The van der Waals surface area contributed by atoms with Crippen LogP contribution < -0.4 is 5.32 Å². The van der Waals surface area contributed by atoms with Crippen LogP contribution in [-0.2, 0) is 17.8 Å². The van der Waals surface area contributed by atoms with E-state index in [1.54, 1.807) is 35.4 Å². The Kier molecular flexibility index (Phi) is 11.4. The molecular weight excluding hydrogens is 464 g/mol. The van der Waals surface area contributed by atoms with E-state index in [0.717, 1.165) is 36.0 Å². The molecule has 8 nitrogen and oxygen atoms in total. The quantitative estimate of drug-likeness (QED) is 0.262. The lowest BCUT2D eigenvalue weighted by atomic mass is 10.0. The number of amides is 2. The maximum absolute atomic E-state index is 12.7. The smallest absolute Gasteiger partial charge is 0.274 e. The molecule has 3 N–H and O–H groups in total. The van der Waals surface area contributed by atoms with Gasteiger partial charge in [0.1, 0.15) is 17.4 Å². The summed E-state index contributed by atoms with van der Waals surface area (Å²) in [5.41, 5.74) is 3.44. The van der Waals surface area contributed by atoms with E-state index in [2.05, 4.69) is 30.7 Å². The van der Waals surface area contributed by atoms with Gasteiger partial charge in [0, 0.05) is 43.9 Å². The number of likely N-dealkylation sites (tertiary alicyclic amines) is 1. The van der Waals surface area contributed by atoms with Crippen molar-refractivity contribution in [1.29, 1.82) is 10.8 Å². The third kappa shape index (κ3) is 8.23. The fraction of sp³-hybridized carbons (Fsp3) is 0.483. The van der Waals surface area contributed by atoms with Crippen molar-refractivity contribution in [2.45, 2.75) is 85.7 Å². The molecule has 1 unspecified atom stereocenters. The van der Waals surface area contributed by atoms with Crippen molar-refractivity contribution in [2.75, 3.05) is 6.54 Å². The topological polar surface area (TPSA) is 113 Å². The summed E-state index contributed by atoms with van der Waals surface area (Å²) in [6.45, 7) is 15.2. The molecule has 200 valence electrons. The Morgan fingerprint density at radius 1 is 1.24 bits per heavy atom. The van der Waals surface area contributed by atoms with Gasteiger partial charge in [-0.25, -0.2) is 0 Å². The van der Waals surface area contributed by atoms with Crippen LogP contribution in [0.2, 0.25) is 0 Å².